The van der Waals surface area contributed by atoms with Gasteiger partial charge in [0.1, 0.15) is 0 Å². The first-order chi connectivity index (χ1) is 12.7. The molecule has 0 atom stereocenters. The van der Waals surface area contributed by atoms with Crippen molar-refractivity contribution in [2.75, 3.05) is 20.2 Å². The summed E-state index contributed by atoms with van der Waals surface area (Å²) < 4.78 is 5.13. The number of rotatable bonds is 7. The average molecular weight is 487 g/mol. The van der Waals surface area contributed by atoms with Gasteiger partial charge in [-0.15, -0.1) is 24.0 Å². The molecule has 1 aromatic carbocycles. The Hall–Kier alpha value is -1.31. The number of carbonyl (C=O) groups is 1. The third kappa shape index (κ3) is 8.07. The van der Waals surface area contributed by atoms with Crippen molar-refractivity contribution in [3.05, 3.63) is 35.4 Å². The smallest absolute Gasteiger partial charge is 0.308 e. The van der Waals surface area contributed by atoms with Gasteiger partial charge in [0.25, 0.3) is 0 Å². The molecule has 0 bridgehead atoms. The third-order valence-electron chi connectivity index (χ3n) is 5.05. The lowest BCUT2D eigenvalue weighted by Crippen LogP contribution is -2.45. The van der Waals surface area contributed by atoms with Crippen molar-refractivity contribution >= 4 is 35.9 Å². The van der Waals surface area contributed by atoms with Gasteiger partial charge in [0.05, 0.1) is 12.5 Å². The highest BCUT2D eigenvalue weighted by molar-refractivity contribution is 14.0. The largest absolute Gasteiger partial charge is 0.466 e. The van der Waals surface area contributed by atoms with E-state index >= 15 is 0 Å². The van der Waals surface area contributed by atoms with E-state index in [1.54, 1.807) is 7.05 Å². The van der Waals surface area contributed by atoms with E-state index in [1.165, 1.54) is 11.1 Å². The Bertz CT molecular complexity index is 582. The van der Waals surface area contributed by atoms with Gasteiger partial charge in [-0.1, -0.05) is 31.2 Å². The number of carbonyl (C=O) groups excluding carboxylic acids is 1. The van der Waals surface area contributed by atoms with E-state index in [2.05, 4.69) is 46.8 Å². The maximum absolute atomic E-state index is 11.8. The highest BCUT2D eigenvalue weighted by Crippen LogP contribution is 2.25. The molecule has 0 spiro atoms. The Balaban J connectivity index is 0.00000364. The SMILES string of the molecule is CCOC(=O)C1CCC(NC(=NC)NCCc2ccc(CC)cc2)CC1.I. The number of hydrogen-bond acceptors (Lipinski definition) is 3. The van der Waals surface area contributed by atoms with E-state index < -0.39 is 0 Å². The lowest BCUT2D eigenvalue weighted by molar-refractivity contribution is -0.149. The fraction of sp³-hybridized carbons (Fsp3) is 0.619. The monoisotopic (exact) mass is 487 g/mol. The Kier molecular flexibility index (Phi) is 11.4. The predicted molar refractivity (Wildman–Crippen MR) is 122 cm³/mol. The topological polar surface area (TPSA) is 62.7 Å². The van der Waals surface area contributed by atoms with Gasteiger partial charge in [-0.2, -0.15) is 0 Å². The molecule has 0 aliphatic heterocycles. The molecule has 1 aliphatic rings. The zero-order valence-electron chi connectivity index (χ0n) is 16.8. The van der Waals surface area contributed by atoms with Crippen LogP contribution in [-0.4, -0.2) is 38.2 Å². The van der Waals surface area contributed by atoms with E-state index in [4.69, 9.17) is 4.74 Å². The second-order valence-electron chi connectivity index (χ2n) is 6.86. The van der Waals surface area contributed by atoms with Crippen molar-refractivity contribution in [1.29, 1.82) is 0 Å². The molecule has 0 aromatic heterocycles. The third-order valence-corrected chi connectivity index (χ3v) is 5.05. The van der Waals surface area contributed by atoms with Crippen LogP contribution in [0, 0.1) is 5.92 Å². The first kappa shape index (κ1) is 23.7. The predicted octanol–water partition coefficient (Wildman–Crippen LogP) is 3.70. The minimum absolute atomic E-state index is 0. The summed E-state index contributed by atoms with van der Waals surface area (Å²) in [5.41, 5.74) is 2.71. The number of aliphatic imine (C=N–C) groups is 1. The van der Waals surface area contributed by atoms with Crippen LogP contribution in [0.2, 0.25) is 0 Å². The van der Waals surface area contributed by atoms with Gasteiger partial charge in [0.2, 0.25) is 0 Å². The number of esters is 1. The number of nitrogens with zero attached hydrogens (tertiary/aromatic N) is 1. The Morgan fingerprint density at radius 2 is 1.74 bits per heavy atom. The van der Waals surface area contributed by atoms with Crippen LogP contribution in [-0.2, 0) is 22.4 Å². The maximum atomic E-state index is 11.8. The summed E-state index contributed by atoms with van der Waals surface area (Å²) in [5.74, 6) is 0.867. The second kappa shape index (κ2) is 13.0. The Morgan fingerprint density at radius 3 is 2.30 bits per heavy atom. The van der Waals surface area contributed by atoms with Crippen molar-refractivity contribution in [3.8, 4) is 0 Å². The number of nitrogens with one attached hydrogen (secondary N) is 2. The molecule has 0 saturated heterocycles. The summed E-state index contributed by atoms with van der Waals surface area (Å²) in [4.78, 5) is 16.1. The zero-order chi connectivity index (χ0) is 18.8. The molecular formula is C21H34IN3O2. The quantitative estimate of drug-likeness (QED) is 0.267. The van der Waals surface area contributed by atoms with Crippen molar-refractivity contribution in [2.24, 2.45) is 10.9 Å². The first-order valence-electron chi connectivity index (χ1n) is 9.87. The van der Waals surface area contributed by atoms with Crippen molar-refractivity contribution in [2.45, 2.75) is 58.4 Å². The minimum Gasteiger partial charge on any atom is -0.466 e. The van der Waals surface area contributed by atoms with Gasteiger partial charge in [0.15, 0.2) is 5.96 Å². The molecule has 1 saturated carbocycles. The number of aryl methyl sites for hydroxylation is 1. The van der Waals surface area contributed by atoms with E-state index in [1.807, 2.05) is 6.92 Å². The van der Waals surface area contributed by atoms with E-state index in [-0.39, 0.29) is 35.9 Å². The highest BCUT2D eigenvalue weighted by Gasteiger charge is 2.27. The van der Waals surface area contributed by atoms with Gasteiger partial charge < -0.3 is 15.4 Å². The second-order valence-corrected chi connectivity index (χ2v) is 6.86. The van der Waals surface area contributed by atoms with Gasteiger partial charge in [-0.05, 0) is 56.6 Å². The maximum Gasteiger partial charge on any atom is 0.308 e. The van der Waals surface area contributed by atoms with Crippen molar-refractivity contribution < 1.29 is 9.53 Å². The summed E-state index contributed by atoms with van der Waals surface area (Å²) in [6.45, 7) is 5.35. The van der Waals surface area contributed by atoms with Crippen LogP contribution < -0.4 is 10.6 Å². The molecule has 27 heavy (non-hydrogen) atoms. The van der Waals surface area contributed by atoms with Gasteiger partial charge in [0, 0.05) is 19.6 Å². The molecular weight excluding hydrogens is 453 g/mol. The van der Waals surface area contributed by atoms with Crippen LogP contribution in [0.25, 0.3) is 0 Å². The molecule has 0 radical (unpaired) electrons. The normalized spacial score (nSPS) is 19.7. The van der Waals surface area contributed by atoms with Crippen molar-refractivity contribution in [1.82, 2.24) is 10.6 Å². The average Bonchev–Trinajstić information content (AvgIpc) is 2.68. The number of guanidine groups is 1. The van der Waals surface area contributed by atoms with Crippen LogP contribution in [0.4, 0.5) is 0 Å². The summed E-state index contributed by atoms with van der Waals surface area (Å²) in [6, 6.07) is 9.17. The van der Waals surface area contributed by atoms with Crippen LogP contribution in [0.1, 0.15) is 50.7 Å². The molecule has 1 fully saturated rings. The lowest BCUT2D eigenvalue weighted by Gasteiger charge is -2.29. The molecule has 5 nitrogen and oxygen atoms in total. The molecule has 1 aliphatic carbocycles. The van der Waals surface area contributed by atoms with E-state index in [9.17, 15) is 4.79 Å². The van der Waals surface area contributed by atoms with Crippen LogP contribution in [0.3, 0.4) is 0 Å². The lowest BCUT2D eigenvalue weighted by atomic mass is 9.86. The molecule has 6 heteroatoms. The summed E-state index contributed by atoms with van der Waals surface area (Å²) in [7, 11) is 1.80. The fourth-order valence-corrected chi connectivity index (χ4v) is 3.39. The van der Waals surface area contributed by atoms with Crippen molar-refractivity contribution in [3.63, 3.8) is 0 Å². The van der Waals surface area contributed by atoms with Crippen LogP contribution in [0.15, 0.2) is 29.3 Å². The molecule has 1 aromatic rings. The van der Waals surface area contributed by atoms with Gasteiger partial charge >= 0.3 is 5.97 Å². The number of hydrogen-bond donors (Lipinski definition) is 2. The molecule has 0 heterocycles. The number of ether oxygens (including phenoxy) is 1. The summed E-state index contributed by atoms with van der Waals surface area (Å²) >= 11 is 0. The van der Waals surface area contributed by atoms with Crippen LogP contribution >= 0.6 is 24.0 Å². The highest BCUT2D eigenvalue weighted by atomic mass is 127. The number of halogens is 1. The fourth-order valence-electron chi connectivity index (χ4n) is 3.39. The van der Waals surface area contributed by atoms with Gasteiger partial charge in [-0.3, -0.25) is 9.79 Å². The summed E-state index contributed by atoms with van der Waals surface area (Å²) in [5, 5.41) is 6.88. The zero-order valence-corrected chi connectivity index (χ0v) is 19.1. The summed E-state index contributed by atoms with van der Waals surface area (Å²) in [6.07, 6.45) is 5.77. The molecule has 2 rings (SSSR count). The Morgan fingerprint density at radius 1 is 1.11 bits per heavy atom. The molecule has 0 unspecified atom stereocenters. The van der Waals surface area contributed by atoms with Gasteiger partial charge in [-0.25, -0.2) is 0 Å². The molecule has 0 amide bonds. The van der Waals surface area contributed by atoms with Crippen LogP contribution in [0.5, 0.6) is 0 Å². The Labute approximate surface area is 180 Å². The standard InChI is InChI=1S/C21H33N3O2.HI/c1-4-16-6-8-17(9-7-16)14-15-23-21(22-3)24-19-12-10-18(11-13-19)20(25)26-5-2;/h6-9,18-19H,4-5,10-15H2,1-3H3,(H2,22,23,24);1H. The first-order valence-corrected chi connectivity index (χ1v) is 9.87. The molecule has 2 N–H and O–H groups in total. The van der Waals surface area contributed by atoms with E-state index in [0.717, 1.165) is 51.0 Å². The number of benzene rings is 1. The van der Waals surface area contributed by atoms with E-state index in [0.29, 0.717) is 12.6 Å². The minimum atomic E-state index is -0.0393. The molecule has 152 valence electrons.